The lowest BCUT2D eigenvalue weighted by atomic mass is 9.84. The van der Waals surface area contributed by atoms with Crippen molar-refractivity contribution >= 4 is 11.6 Å². The summed E-state index contributed by atoms with van der Waals surface area (Å²) in [6.07, 6.45) is 0. The van der Waals surface area contributed by atoms with Crippen molar-refractivity contribution in [1.29, 1.82) is 0 Å². The third kappa shape index (κ3) is 3.09. The van der Waals surface area contributed by atoms with Crippen molar-refractivity contribution < 1.29 is 14.7 Å². The van der Waals surface area contributed by atoms with E-state index in [1.807, 2.05) is 26.0 Å². The molecule has 0 fully saturated rings. The molecular formula is C22H18O3. The Kier molecular flexibility index (Phi) is 4.48. The maximum Gasteiger partial charge on any atom is 0.194 e. The van der Waals surface area contributed by atoms with Crippen molar-refractivity contribution in [2.24, 2.45) is 0 Å². The lowest BCUT2D eigenvalue weighted by Gasteiger charge is -2.16. The predicted octanol–water partition coefficient (Wildman–Crippen LogP) is 4.47. The zero-order chi connectivity index (χ0) is 18.0. The molecule has 124 valence electrons. The normalized spacial score (nSPS) is 11.9. The molecule has 1 aliphatic rings. The molecule has 4 rings (SSSR count). The minimum Gasteiger partial charge on any atom is -0.508 e. The van der Waals surface area contributed by atoms with E-state index in [1.54, 1.807) is 54.6 Å². The van der Waals surface area contributed by atoms with Crippen LogP contribution in [0.4, 0.5) is 0 Å². The van der Waals surface area contributed by atoms with Crippen LogP contribution >= 0.6 is 0 Å². The summed E-state index contributed by atoms with van der Waals surface area (Å²) in [5.74, 6) is 0.256. The topological polar surface area (TPSA) is 54.4 Å². The molecule has 0 heterocycles. The van der Waals surface area contributed by atoms with Crippen LogP contribution in [0.1, 0.15) is 43.0 Å². The van der Waals surface area contributed by atoms with Gasteiger partial charge < -0.3 is 5.11 Å². The van der Waals surface area contributed by atoms with Gasteiger partial charge in [-0.2, -0.15) is 0 Å². The molecule has 0 atom stereocenters. The molecule has 0 amide bonds. The Bertz CT molecular complexity index is 845. The number of hydrogen-bond donors (Lipinski definition) is 1. The predicted molar refractivity (Wildman–Crippen MR) is 97.3 cm³/mol. The Balaban J connectivity index is 0.000000173. The quantitative estimate of drug-likeness (QED) is 0.517. The average Bonchev–Trinajstić information content (AvgIpc) is 2.65. The molecule has 3 heteroatoms. The van der Waals surface area contributed by atoms with E-state index >= 15 is 0 Å². The van der Waals surface area contributed by atoms with Crippen LogP contribution in [0.25, 0.3) is 0 Å². The van der Waals surface area contributed by atoms with Crippen LogP contribution in [0.2, 0.25) is 0 Å². The Morgan fingerprint density at radius 3 is 1.32 bits per heavy atom. The lowest BCUT2D eigenvalue weighted by Crippen LogP contribution is -2.20. The molecule has 1 aliphatic carbocycles. The van der Waals surface area contributed by atoms with Crippen molar-refractivity contribution in [1.82, 2.24) is 0 Å². The molecular weight excluding hydrogens is 312 g/mol. The molecule has 3 aromatic carbocycles. The Morgan fingerprint density at radius 1 is 0.600 bits per heavy atom. The standard InChI is InChI=1S/C14H8O2.C8H10O/c15-13-9-5-1-2-6-10(9)14(16)12-8-4-3-7-11(12)13;1-6-4-3-5-8(9)7(6)2/h1-8H;3-5,9H,1-2H3. The van der Waals surface area contributed by atoms with E-state index in [2.05, 4.69) is 0 Å². The van der Waals surface area contributed by atoms with E-state index in [-0.39, 0.29) is 11.6 Å². The molecule has 1 N–H and O–H groups in total. The van der Waals surface area contributed by atoms with Gasteiger partial charge >= 0.3 is 0 Å². The van der Waals surface area contributed by atoms with Crippen molar-refractivity contribution in [3.63, 3.8) is 0 Å². The van der Waals surface area contributed by atoms with Gasteiger partial charge in [0.25, 0.3) is 0 Å². The third-order valence-corrected chi connectivity index (χ3v) is 4.41. The Hall–Kier alpha value is -3.20. The van der Waals surface area contributed by atoms with Crippen LogP contribution in [0.3, 0.4) is 0 Å². The fourth-order valence-electron chi connectivity index (χ4n) is 2.78. The summed E-state index contributed by atoms with van der Waals surface area (Å²) in [6, 6.07) is 19.4. The number of carbonyl (C=O) groups is 2. The number of phenols is 1. The van der Waals surface area contributed by atoms with E-state index in [0.717, 1.165) is 11.1 Å². The van der Waals surface area contributed by atoms with Crippen LogP contribution in [0.5, 0.6) is 5.75 Å². The molecule has 3 aromatic rings. The molecule has 0 aliphatic heterocycles. The number of phenolic OH excluding ortho intramolecular Hbond substituents is 1. The second-order valence-corrected chi connectivity index (χ2v) is 5.97. The Morgan fingerprint density at radius 2 is 1.00 bits per heavy atom. The van der Waals surface area contributed by atoms with E-state index in [1.165, 1.54) is 0 Å². The number of hydrogen-bond acceptors (Lipinski definition) is 3. The van der Waals surface area contributed by atoms with Crippen molar-refractivity contribution in [3.8, 4) is 5.75 Å². The van der Waals surface area contributed by atoms with E-state index in [9.17, 15) is 9.59 Å². The van der Waals surface area contributed by atoms with Crippen molar-refractivity contribution in [2.75, 3.05) is 0 Å². The number of carbonyl (C=O) groups excluding carboxylic acids is 2. The van der Waals surface area contributed by atoms with Gasteiger partial charge in [0.2, 0.25) is 0 Å². The van der Waals surface area contributed by atoms with Gasteiger partial charge in [-0.15, -0.1) is 0 Å². The highest BCUT2D eigenvalue weighted by molar-refractivity contribution is 6.28. The zero-order valence-electron chi connectivity index (χ0n) is 14.1. The van der Waals surface area contributed by atoms with Gasteiger partial charge in [-0.1, -0.05) is 60.7 Å². The number of aromatic hydroxyl groups is 1. The van der Waals surface area contributed by atoms with Gasteiger partial charge in [-0.3, -0.25) is 9.59 Å². The average molecular weight is 330 g/mol. The van der Waals surface area contributed by atoms with E-state index in [4.69, 9.17) is 5.11 Å². The summed E-state index contributed by atoms with van der Waals surface area (Å²) >= 11 is 0. The molecule has 3 nitrogen and oxygen atoms in total. The Labute approximate surface area is 146 Å². The molecule has 0 aromatic heterocycles. The first kappa shape index (κ1) is 16.7. The van der Waals surface area contributed by atoms with Gasteiger partial charge in [0.15, 0.2) is 11.6 Å². The third-order valence-electron chi connectivity index (χ3n) is 4.41. The number of ketones is 2. The highest BCUT2D eigenvalue weighted by Gasteiger charge is 2.28. The first-order valence-electron chi connectivity index (χ1n) is 8.03. The second kappa shape index (κ2) is 6.73. The van der Waals surface area contributed by atoms with Crippen LogP contribution in [0, 0.1) is 13.8 Å². The number of benzene rings is 3. The molecule has 0 saturated carbocycles. The van der Waals surface area contributed by atoms with Crippen LogP contribution in [-0.2, 0) is 0 Å². The molecule has 0 unspecified atom stereocenters. The number of fused-ring (bicyclic) bond motifs is 2. The molecule has 25 heavy (non-hydrogen) atoms. The number of rotatable bonds is 0. The van der Waals surface area contributed by atoms with Gasteiger partial charge in [-0.25, -0.2) is 0 Å². The van der Waals surface area contributed by atoms with Crippen molar-refractivity contribution in [3.05, 3.63) is 100 Å². The molecule has 0 radical (unpaired) electrons. The fourth-order valence-corrected chi connectivity index (χ4v) is 2.78. The van der Waals surface area contributed by atoms with Crippen LogP contribution in [0.15, 0.2) is 66.7 Å². The summed E-state index contributed by atoms with van der Waals surface area (Å²) < 4.78 is 0. The van der Waals surface area contributed by atoms with Crippen molar-refractivity contribution in [2.45, 2.75) is 13.8 Å². The van der Waals surface area contributed by atoms with Crippen LogP contribution < -0.4 is 0 Å². The summed E-state index contributed by atoms with van der Waals surface area (Å²) in [7, 11) is 0. The summed E-state index contributed by atoms with van der Waals surface area (Å²) in [5, 5.41) is 9.10. The minimum atomic E-state index is -0.0641. The maximum absolute atomic E-state index is 12.1. The lowest BCUT2D eigenvalue weighted by molar-refractivity contribution is 0.0979. The summed E-state index contributed by atoms with van der Waals surface area (Å²) in [5.41, 5.74) is 4.13. The van der Waals surface area contributed by atoms with Gasteiger partial charge in [0.05, 0.1) is 0 Å². The van der Waals surface area contributed by atoms with E-state index in [0.29, 0.717) is 28.0 Å². The summed E-state index contributed by atoms with van der Waals surface area (Å²) in [6.45, 7) is 3.89. The summed E-state index contributed by atoms with van der Waals surface area (Å²) in [4.78, 5) is 24.2. The monoisotopic (exact) mass is 330 g/mol. The highest BCUT2D eigenvalue weighted by atomic mass is 16.3. The van der Waals surface area contributed by atoms with Crippen LogP contribution in [-0.4, -0.2) is 16.7 Å². The largest absolute Gasteiger partial charge is 0.508 e. The SMILES string of the molecule is Cc1cccc(O)c1C.O=C1c2ccccc2C(=O)c2ccccc21. The first-order chi connectivity index (χ1) is 12.0. The zero-order valence-corrected chi connectivity index (χ0v) is 14.1. The molecule has 0 saturated heterocycles. The van der Waals surface area contributed by atoms with E-state index < -0.39 is 0 Å². The minimum absolute atomic E-state index is 0.0641. The van der Waals surface area contributed by atoms with Gasteiger partial charge in [0.1, 0.15) is 5.75 Å². The smallest absolute Gasteiger partial charge is 0.194 e. The molecule has 0 spiro atoms. The van der Waals surface area contributed by atoms with Gasteiger partial charge in [0, 0.05) is 22.3 Å². The fraction of sp³-hybridized carbons (Fsp3) is 0.0909. The second-order valence-electron chi connectivity index (χ2n) is 5.97. The number of aryl methyl sites for hydroxylation is 1. The highest BCUT2D eigenvalue weighted by Crippen LogP contribution is 2.26. The van der Waals surface area contributed by atoms with Gasteiger partial charge in [-0.05, 0) is 31.0 Å². The molecule has 0 bridgehead atoms. The maximum atomic E-state index is 12.1. The first-order valence-corrected chi connectivity index (χ1v) is 8.03.